The molecule has 0 fully saturated rings. The number of hydrogen-bond acceptors (Lipinski definition) is 4. The third-order valence-corrected chi connectivity index (χ3v) is 4.66. The minimum Gasteiger partial charge on any atom is -0.387 e. The van der Waals surface area contributed by atoms with Crippen LogP contribution in [0.15, 0.2) is 11.4 Å². The van der Waals surface area contributed by atoms with Gasteiger partial charge >= 0.3 is 0 Å². The van der Waals surface area contributed by atoms with Crippen molar-refractivity contribution in [3.05, 3.63) is 37.5 Å². The maximum absolute atomic E-state index is 10.1. The fourth-order valence-corrected chi connectivity index (χ4v) is 3.22. The third kappa shape index (κ3) is 2.51. The van der Waals surface area contributed by atoms with Gasteiger partial charge in [0.25, 0.3) is 0 Å². The Labute approximate surface area is 104 Å². The first kappa shape index (κ1) is 11.8. The van der Waals surface area contributed by atoms with Crippen LogP contribution in [0, 0.1) is 20.8 Å². The Balaban J connectivity index is 2.11. The highest BCUT2D eigenvalue weighted by Crippen LogP contribution is 2.28. The smallest absolute Gasteiger partial charge is 0.0937 e. The number of aliphatic hydroxyl groups is 1. The molecule has 2 aromatic rings. The molecule has 0 aliphatic rings. The molecule has 86 valence electrons. The van der Waals surface area contributed by atoms with Crippen LogP contribution in [-0.2, 0) is 6.42 Å². The van der Waals surface area contributed by atoms with Crippen LogP contribution >= 0.6 is 22.7 Å². The molecule has 0 amide bonds. The first-order valence-corrected chi connectivity index (χ1v) is 6.92. The molecular weight excluding hydrogens is 238 g/mol. The van der Waals surface area contributed by atoms with Crippen molar-refractivity contribution in [2.75, 3.05) is 0 Å². The maximum Gasteiger partial charge on any atom is 0.0937 e. The van der Waals surface area contributed by atoms with E-state index in [0.717, 1.165) is 15.6 Å². The monoisotopic (exact) mass is 253 g/mol. The summed E-state index contributed by atoms with van der Waals surface area (Å²) in [5, 5.41) is 13.2. The highest BCUT2D eigenvalue weighted by atomic mass is 32.1. The summed E-state index contributed by atoms with van der Waals surface area (Å²) in [4.78, 5) is 6.69. The van der Waals surface area contributed by atoms with Crippen molar-refractivity contribution in [1.82, 2.24) is 4.98 Å². The Bertz CT molecular complexity index is 467. The number of nitrogens with zero attached hydrogens (tertiary/aromatic N) is 1. The second kappa shape index (κ2) is 4.65. The number of thiophene rings is 1. The van der Waals surface area contributed by atoms with Crippen LogP contribution in [0.3, 0.4) is 0 Å². The van der Waals surface area contributed by atoms with Crippen LogP contribution in [0.5, 0.6) is 0 Å². The molecule has 0 aliphatic carbocycles. The molecule has 2 nitrogen and oxygen atoms in total. The van der Waals surface area contributed by atoms with E-state index in [4.69, 9.17) is 0 Å². The number of aliphatic hydroxyl groups excluding tert-OH is 1. The van der Waals surface area contributed by atoms with Gasteiger partial charge < -0.3 is 5.11 Å². The molecule has 4 heteroatoms. The van der Waals surface area contributed by atoms with E-state index in [1.54, 1.807) is 22.7 Å². The highest BCUT2D eigenvalue weighted by Gasteiger charge is 2.13. The summed E-state index contributed by atoms with van der Waals surface area (Å²) >= 11 is 3.31. The zero-order valence-electron chi connectivity index (χ0n) is 9.65. The van der Waals surface area contributed by atoms with Crippen molar-refractivity contribution >= 4 is 22.7 Å². The topological polar surface area (TPSA) is 33.1 Å². The van der Waals surface area contributed by atoms with Gasteiger partial charge in [-0.25, -0.2) is 4.98 Å². The Morgan fingerprint density at radius 1 is 1.38 bits per heavy atom. The summed E-state index contributed by atoms with van der Waals surface area (Å²) in [5.41, 5.74) is 2.24. The third-order valence-electron chi connectivity index (χ3n) is 2.58. The fraction of sp³-hybridized carbons (Fsp3) is 0.417. The lowest BCUT2D eigenvalue weighted by Crippen LogP contribution is -1.99. The summed E-state index contributed by atoms with van der Waals surface area (Å²) in [6, 6.07) is 2.07. The zero-order chi connectivity index (χ0) is 11.7. The minimum absolute atomic E-state index is 0.418. The summed E-state index contributed by atoms with van der Waals surface area (Å²) < 4.78 is 0. The SMILES string of the molecule is Cc1nc(CC(O)c2cc(C)c(C)s2)cs1. The van der Waals surface area contributed by atoms with Gasteiger partial charge in [-0.05, 0) is 32.4 Å². The lowest BCUT2D eigenvalue weighted by atomic mass is 10.1. The van der Waals surface area contributed by atoms with Crippen molar-refractivity contribution in [1.29, 1.82) is 0 Å². The second-order valence-corrected chi connectivity index (χ2v) is 6.32. The molecule has 1 atom stereocenters. The Morgan fingerprint density at radius 3 is 2.62 bits per heavy atom. The van der Waals surface area contributed by atoms with Gasteiger partial charge in [0.1, 0.15) is 0 Å². The first-order chi connectivity index (χ1) is 7.56. The molecule has 0 aliphatic heterocycles. The van der Waals surface area contributed by atoms with Crippen molar-refractivity contribution < 1.29 is 5.11 Å². The van der Waals surface area contributed by atoms with E-state index in [2.05, 4.69) is 24.9 Å². The molecule has 1 unspecified atom stereocenters. The molecular formula is C12H15NOS2. The molecule has 0 aromatic carbocycles. The van der Waals surface area contributed by atoms with Gasteiger partial charge in [-0.2, -0.15) is 0 Å². The van der Waals surface area contributed by atoms with Crippen LogP contribution in [-0.4, -0.2) is 10.1 Å². The minimum atomic E-state index is -0.418. The zero-order valence-corrected chi connectivity index (χ0v) is 11.3. The highest BCUT2D eigenvalue weighted by molar-refractivity contribution is 7.12. The van der Waals surface area contributed by atoms with Gasteiger partial charge in [0.2, 0.25) is 0 Å². The Morgan fingerprint density at radius 2 is 2.12 bits per heavy atom. The van der Waals surface area contributed by atoms with Crippen LogP contribution in [0.4, 0.5) is 0 Å². The Kier molecular flexibility index (Phi) is 3.42. The van der Waals surface area contributed by atoms with E-state index in [0.29, 0.717) is 6.42 Å². The normalized spacial score (nSPS) is 13.0. The summed E-state index contributed by atoms with van der Waals surface area (Å²) in [6.45, 7) is 6.15. The number of thiazole rings is 1. The van der Waals surface area contributed by atoms with Crippen molar-refractivity contribution in [2.24, 2.45) is 0 Å². The average molecular weight is 253 g/mol. The Hall–Kier alpha value is -0.710. The maximum atomic E-state index is 10.1. The molecule has 0 saturated carbocycles. The van der Waals surface area contributed by atoms with Gasteiger partial charge in [0, 0.05) is 21.6 Å². The van der Waals surface area contributed by atoms with E-state index in [1.165, 1.54) is 10.4 Å². The number of hydrogen-bond donors (Lipinski definition) is 1. The molecule has 0 spiro atoms. The summed E-state index contributed by atoms with van der Waals surface area (Å²) in [5.74, 6) is 0. The second-order valence-electron chi connectivity index (χ2n) is 3.97. The van der Waals surface area contributed by atoms with Crippen LogP contribution < -0.4 is 0 Å². The van der Waals surface area contributed by atoms with Gasteiger partial charge in [-0.3, -0.25) is 0 Å². The molecule has 0 saturated heterocycles. The first-order valence-electron chi connectivity index (χ1n) is 5.22. The number of rotatable bonds is 3. The number of aromatic nitrogens is 1. The summed E-state index contributed by atoms with van der Waals surface area (Å²) in [6.07, 6.45) is 0.197. The van der Waals surface area contributed by atoms with Gasteiger partial charge in [0.15, 0.2) is 0 Å². The van der Waals surface area contributed by atoms with Crippen LogP contribution in [0.2, 0.25) is 0 Å². The average Bonchev–Trinajstić information content (AvgIpc) is 2.75. The predicted molar refractivity (Wildman–Crippen MR) is 69.3 cm³/mol. The van der Waals surface area contributed by atoms with Gasteiger partial charge in [-0.1, -0.05) is 0 Å². The van der Waals surface area contributed by atoms with Crippen molar-refractivity contribution in [3.63, 3.8) is 0 Å². The largest absolute Gasteiger partial charge is 0.387 e. The van der Waals surface area contributed by atoms with E-state index < -0.39 is 6.10 Å². The van der Waals surface area contributed by atoms with Crippen molar-refractivity contribution in [2.45, 2.75) is 33.3 Å². The van der Waals surface area contributed by atoms with Crippen LogP contribution in [0.1, 0.15) is 32.1 Å². The van der Waals surface area contributed by atoms with E-state index in [1.807, 2.05) is 12.3 Å². The predicted octanol–water partition coefficient (Wildman–Crippen LogP) is 3.41. The van der Waals surface area contributed by atoms with Gasteiger partial charge in [-0.15, -0.1) is 22.7 Å². The molecule has 1 N–H and O–H groups in total. The molecule has 0 bridgehead atoms. The molecule has 16 heavy (non-hydrogen) atoms. The molecule has 2 aromatic heterocycles. The molecule has 2 rings (SSSR count). The van der Waals surface area contributed by atoms with E-state index in [-0.39, 0.29) is 0 Å². The van der Waals surface area contributed by atoms with Gasteiger partial charge in [0.05, 0.1) is 16.8 Å². The molecule has 0 radical (unpaired) electrons. The fourth-order valence-electron chi connectivity index (χ4n) is 1.57. The quantitative estimate of drug-likeness (QED) is 0.909. The standard InChI is InChI=1S/C12H15NOS2/c1-7-4-12(16-8(7)2)11(14)5-10-6-15-9(3)13-10/h4,6,11,14H,5H2,1-3H3. The lowest BCUT2D eigenvalue weighted by molar-refractivity contribution is 0.181. The van der Waals surface area contributed by atoms with E-state index >= 15 is 0 Å². The van der Waals surface area contributed by atoms with Crippen LogP contribution in [0.25, 0.3) is 0 Å². The van der Waals surface area contributed by atoms with E-state index in [9.17, 15) is 5.11 Å². The molecule has 2 heterocycles. The summed E-state index contributed by atoms with van der Waals surface area (Å²) in [7, 11) is 0. The number of aryl methyl sites for hydroxylation is 3. The lowest BCUT2D eigenvalue weighted by Gasteiger charge is -2.05. The van der Waals surface area contributed by atoms with Crippen molar-refractivity contribution in [3.8, 4) is 0 Å².